The van der Waals surface area contributed by atoms with Crippen molar-refractivity contribution < 1.29 is 14.3 Å². The van der Waals surface area contributed by atoms with Gasteiger partial charge in [0.05, 0.1) is 20.8 Å². The summed E-state index contributed by atoms with van der Waals surface area (Å²) in [6.07, 6.45) is 1.34. The van der Waals surface area contributed by atoms with Crippen molar-refractivity contribution in [3.05, 3.63) is 48.0 Å². The molecule has 2 aromatic carbocycles. The van der Waals surface area contributed by atoms with Crippen LogP contribution in [0.2, 0.25) is 0 Å². The third-order valence-corrected chi connectivity index (χ3v) is 4.10. The summed E-state index contributed by atoms with van der Waals surface area (Å²) in [5, 5.41) is 9.42. The normalized spacial score (nSPS) is 10.6. The van der Waals surface area contributed by atoms with Gasteiger partial charge in [0.1, 0.15) is 0 Å². The lowest BCUT2D eigenvalue weighted by Gasteiger charge is -2.14. The Morgan fingerprint density at radius 3 is 2.37 bits per heavy atom. The van der Waals surface area contributed by atoms with Crippen LogP contribution in [0.4, 0.5) is 11.4 Å². The van der Waals surface area contributed by atoms with Gasteiger partial charge < -0.3 is 25.4 Å². The summed E-state index contributed by atoms with van der Waals surface area (Å²) in [7, 11) is 3.21. The first kappa shape index (κ1) is 25.5. The zero-order chi connectivity index (χ0) is 21.1. The van der Waals surface area contributed by atoms with Gasteiger partial charge in [-0.1, -0.05) is 19.1 Å². The Morgan fingerprint density at radius 1 is 0.967 bits per heavy atom. The number of hydrogen-bond donors (Lipinski definition) is 3. The molecule has 164 valence electrons. The van der Waals surface area contributed by atoms with E-state index in [1.165, 1.54) is 0 Å². The van der Waals surface area contributed by atoms with Crippen LogP contribution in [0.1, 0.15) is 32.3 Å². The molecule has 0 aliphatic heterocycles. The Morgan fingerprint density at radius 2 is 1.70 bits per heavy atom. The lowest BCUT2D eigenvalue weighted by atomic mass is 10.2. The first-order chi connectivity index (χ1) is 14.1. The number of methoxy groups -OCH3 is 2. The largest absolute Gasteiger partial charge is 0.493 e. The maximum Gasteiger partial charge on any atom is 0.224 e. The van der Waals surface area contributed by atoms with Crippen LogP contribution in [0.25, 0.3) is 0 Å². The monoisotopic (exact) mass is 526 g/mol. The van der Waals surface area contributed by atoms with Crippen LogP contribution in [0.5, 0.6) is 11.5 Å². The minimum absolute atomic E-state index is 0. The number of carbonyl (C=O) groups is 1. The zero-order valence-electron chi connectivity index (χ0n) is 18.0. The highest BCUT2D eigenvalue weighted by Gasteiger charge is 2.07. The topological polar surface area (TPSA) is 84.0 Å². The molecule has 7 nitrogen and oxygen atoms in total. The lowest BCUT2D eigenvalue weighted by Crippen LogP contribution is -2.30. The third-order valence-electron chi connectivity index (χ3n) is 4.10. The maximum atomic E-state index is 11.8. The molecule has 0 atom stereocenters. The molecule has 0 bridgehead atoms. The van der Waals surface area contributed by atoms with Crippen molar-refractivity contribution >= 4 is 47.2 Å². The van der Waals surface area contributed by atoms with Crippen molar-refractivity contribution in [3.63, 3.8) is 0 Å². The summed E-state index contributed by atoms with van der Waals surface area (Å²) >= 11 is 0. The Hall–Kier alpha value is -2.49. The summed E-state index contributed by atoms with van der Waals surface area (Å²) in [5.74, 6) is 1.99. The van der Waals surface area contributed by atoms with E-state index in [1.807, 2.05) is 56.3 Å². The molecule has 0 unspecified atom stereocenters. The molecule has 0 radical (unpaired) electrons. The predicted molar refractivity (Wildman–Crippen MR) is 133 cm³/mol. The van der Waals surface area contributed by atoms with Gasteiger partial charge in [-0.3, -0.25) is 4.79 Å². The van der Waals surface area contributed by atoms with E-state index in [9.17, 15) is 4.79 Å². The minimum atomic E-state index is 0. The highest BCUT2D eigenvalue weighted by Crippen LogP contribution is 2.29. The van der Waals surface area contributed by atoms with Crippen molar-refractivity contribution in [1.82, 2.24) is 5.32 Å². The molecule has 0 saturated carbocycles. The van der Waals surface area contributed by atoms with Crippen LogP contribution < -0.4 is 25.4 Å². The van der Waals surface area contributed by atoms with Crippen molar-refractivity contribution in [2.24, 2.45) is 4.99 Å². The number of anilines is 2. The van der Waals surface area contributed by atoms with E-state index in [4.69, 9.17) is 9.47 Å². The van der Waals surface area contributed by atoms with Gasteiger partial charge in [-0.25, -0.2) is 4.99 Å². The van der Waals surface area contributed by atoms with Crippen molar-refractivity contribution in [2.45, 2.75) is 33.2 Å². The fourth-order valence-electron chi connectivity index (χ4n) is 2.73. The van der Waals surface area contributed by atoms with Gasteiger partial charge in [0.15, 0.2) is 17.5 Å². The zero-order valence-corrected chi connectivity index (χ0v) is 20.3. The van der Waals surface area contributed by atoms with E-state index in [0.29, 0.717) is 30.4 Å². The van der Waals surface area contributed by atoms with Crippen molar-refractivity contribution in [3.8, 4) is 11.5 Å². The Labute approximate surface area is 195 Å². The molecular weight excluding hydrogens is 495 g/mol. The van der Waals surface area contributed by atoms with Gasteiger partial charge in [-0.2, -0.15) is 0 Å². The summed E-state index contributed by atoms with van der Waals surface area (Å²) < 4.78 is 10.6. The highest BCUT2D eigenvalue weighted by molar-refractivity contribution is 14.0. The van der Waals surface area contributed by atoms with Crippen LogP contribution in [0, 0.1) is 0 Å². The van der Waals surface area contributed by atoms with Crippen molar-refractivity contribution in [2.75, 3.05) is 31.4 Å². The average Bonchev–Trinajstić information content (AvgIpc) is 2.72. The first-order valence-electron chi connectivity index (χ1n) is 9.75. The number of guanidine groups is 1. The summed E-state index contributed by atoms with van der Waals surface area (Å²) in [6.45, 7) is 5.19. The van der Waals surface area contributed by atoms with Crippen LogP contribution in [-0.2, 0) is 11.3 Å². The molecule has 8 heteroatoms. The third kappa shape index (κ3) is 8.10. The van der Waals surface area contributed by atoms with Crippen LogP contribution in [-0.4, -0.2) is 32.6 Å². The lowest BCUT2D eigenvalue weighted by molar-refractivity contribution is -0.116. The smallest absolute Gasteiger partial charge is 0.224 e. The molecule has 0 fully saturated rings. The van der Waals surface area contributed by atoms with E-state index in [2.05, 4.69) is 20.9 Å². The molecule has 0 aliphatic carbocycles. The highest BCUT2D eigenvalue weighted by atomic mass is 127. The fourth-order valence-corrected chi connectivity index (χ4v) is 2.73. The quantitative estimate of drug-likeness (QED) is 0.252. The Kier molecular flexibility index (Phi) is 11.7. The van der Waals surface area contributed by atoms with E-state index in [1.54, 1.807) is 14.2 Å². The number of hydrogen-bond acceptors (Lipinski definition) is 4. The van der Waals surface area contributed by atoms with E-state index in [0.717, 1.165) is 29.9 Å². The SMILES string of the molecule is CCCC(=O)Nc1cccc(CN=C(NCC)Nc2ccc(OC)c(OC)c2)c1.I. The summed E-state index contributed by atoms with van der Waals surface area (Å²) in [5.41, 5.74) is 2.63. The van der Waals surface area contributed by atoms with Crippen molar-refractivity contribution in [1.29, 1.82) is 0 Å². The molecule has 0 spiro atoms. The van der Waals surface area contributed by atoms with Gasteiger partial charge in [0.25, 0.3) is 0 Å². The number of ether oxygens (including phenoxy) is 2. The maximum absolute atomic E-state index is 11.8. The molecule has 1 amide bonds. The fraction of sp³-hybridized carbons (Fsp3) is 0.364. The van der Waals surface area contributed by atoms with Gasteiger partial charge in [-0.05, 0) is 43.2 Å². The van der Waals surface area contributed by atoms with Crippen LogP contribution >= 0.6 is 24.0 Å². The van der Waals surface area contributed by atoms with E-state index in [-0.39, 0.29) is 29.9 Å². The molecular formula is C22H31IN4O3. The molecule has 0 aliphatic rings. The van der Waals surface area contributed by atoms with Gasteiger partial charge in [-0.15, -0.1) is 24.0 Å². The molecule has 2 rings (SSSR count). The molecule has 0 aromatic heterocycles. The number of halogens is 1. The summed E-state index contributed by atoms with van der Waals surface area (Å²) in [4.78, 5) is 16.4. The van der Waals surface area contributed by atoms with Crippen LogP contribution in [0.3, 0.4) is 0 Å². The van der Waals surface area contributed by atoms with Gasteiger partial charge in [0, 0.05) is 30.4 Å². The van der Waals surface area contributed by atoms with Gasteiger partial charge >= 0.3 is 0 Å². The average molecular weight is 526 g/mol. The van der Waals surface area contributed by atoms with E-state index < -0.39 is 0 Å². The Balaban J connectivity index is 0.00000450. The standard InChI is InChI=1S/C22H30N4O3.HI/c1-5-8-21(27)25-17-10-7-9-16(13-17)15-24-22(23-6-2)26-18-11-12-19(28-3)20(14-18)29-4;/h7,9-14H,5-6,8,15H2,1-4H3,(H,25,27)(H2,23,24,26);1H. The second-order valence-corrected chi connectivity index (χ2v) is 6.39. The minimum Gasteiger partial charge on any atom is -0.493 e. The predicted octanol–water partition coefficient (Wildman–Crippen LogP) is 4.64. The second kappa shape index (κ2) is 13.7. The second-order valence-electron chi connectivity index (χ2n) is 6.39. The number of nitrogens with zero attached hydrogens (tertiary/aromatic N) is 1. The molecule has 0 saturated heterocycles. The number of rotatable bonds is 9. The van der Waals surface area contributed by atoms with E-state index >= 15 is 0 Å². The van der Waals surface area contributed by atoms with Gasteiger partial charge in [0.2, 0.25) is 5.91 Å². The first-order valence-corrected chi connectivity index (χ1v) is 9.75. The molecule has 2 aromatic rings. The number of carbonyl (C=O) groups excluding carboxylic acids is 1. The number of aliphatic imine (C=N–C) groups is 1. The molecule has 3 N–H and O–H groups in total. The number of benzene rings is 2. The number of nitrogens with one attached hydrogen (secondary N) is 3. The Bertz CT molecular complexity index is 843. The number of amides is 1. The van der Waals surface area contributed by atoms with Crippen LogP contribution in [0.15, 0.2) is 47.5 Å². The molecule has 0 heterocycles. The molecule has 30 heavy (non-hydrogen) atoms. The summed E-state index contributed by atoms with van der Waals surface area (Å²) in [6, 6.07) is 13.3.